The molecule has 1 rings (SSSR count). The molecule has 1 atom stereocenters. The van der Waals surface area contributed by atoms with Gasteiger partial charge < -0.3 is 11.1 Å². The number of carbonyl (C=O) groups is 1. The van der Waals surface area contributed by atoms with Crippen LogP contribution in [0.3, 0.4) is 0 Å². The summed E-state index contributed by atoms with van der Waals surface area (Å²) in [5.41, 5.74) is 6.25. The molecule has 18 heavy (non-hydrogen) atoms. The standard InChI is InChI=1S/C14H21ClN2O/c1-4-14(16,5-2)13(18)17-10(3)11-7-6-8-12(15)9-11/h6-10H,4-5,16H2,1-3H3,(H,17,18)/t10-/m0/s1. The van der Waals surface area contributed by atoms with Gasteiger partial charge in [0.25, 0.3) is 0 Å². The molecule has 0 aliphatic rings. The topological polar surface area (TPSA) is 55.1 Å². The fourth-order valence-electron chi connectivity index (χ4n) is 1.77. The average molecular weight is 269 g/mol. The van der Waals surface area contributed by atoms with Gasteiger partial charge in [0.2, 0.25) is 5.91 Å². The number of rotatable bonds is 5. The molecule has 0 spiro atoms. The third-order valence-electron chi connectivity index (χ3n) is 3.41. The summed E-state index contributed by atoms with van der Waals surface area (Å²) in [6.07, 6.45) is 1.25. The summed E-state index contributed by atoms with van der Waals surface area (Å²) in [4.78, 5) is 12.1. The fourth-order valence-corrected chi connectivity index (χ4v) is 1.97. The summed E-state index contributed by atoms with van der Waals surface area (Å²) in [6.45, 7) is 5.77. The van der Waals surface area contributed by atoms with Gasteiger partial charge in [-0.1, -0.05) is 37.6 Å². The lowest BCUT2D eigenvalue weighted by Gasteiger charge is -2.27. The molecule has 3 nitrogen and oxygen atoms in total. The highest BCUT2D eigenvalue weighted by atomic mass is 35.5. The van der Waals surface area contributed by atoms with E-state index < -0.39 is 5.54 Å². The Hall–Kier alpha value is -1.06. The van der Waals surface area contributed by atoms with Crippen LogP contribution >= 0.6 is 11.6 Å². The van der Waals surface area contributed by atoms with E-state index in [1.807, 2.05) is 45.0 Å². The van der Waals surface area contributed by atoms with E-state index >= 15 is 0 Å². The van der Waals surface area contributed by atoms with E-state index in [4.69, 9.17) is 17.3 Å². The number of halogens is 1. The summed E-state index contributed by atoms with van der Waals surface area (Å²) in [5, 5.41) is 3.61. The highest BCUT2D eigenvalue weighted by Gasteiger charge is 2.30. The van der Waals surface area contributed by atoms with Crippen molar-refractivity contribution in [2.45, 2.75) is 45.2 Å². The van der Waals surface area contributed by atoms with E-state index in [0.29, 0.717) is 17.9 Å². The second-order valence-electron chi connectivity index (χ2n) is 4.61. The molecule has 0 heterocycles. The molecular weight excluding hydrogens is 248 g/mol. The number of amides is 1. The number of nitrogens with one attached hydrogen (secondary N) is 1. The van der Waals surface area contributed by atoms with E-state index in [1.165, 1.54) is 0 Å². The zero-order valence-electron chi connectivity index (χ0n) is 11.2. The van der Waals surface area contributed by atoms with Crippen molar-refractivity contribution >= 4 is 17.5 Å². The van der Waals surface area contributed by atoms with Crippen LogP contribution in [0.15, 0.2) is 24.3 Å². The summed E-state index contributed by atoms with van der Waals surface area (Å²) < 4.78 is 0. The predicted molar refractivity (Wildman–Crippen MR) is 75.5 cm³/mol. The van der Waals surface area contributed by atoms with Crippen LogP contribution in [-0.4, -0.2) is 11.4 Å². The molecule has 0 radical (unpaired) electrons. The maximum atomic E-state index is 12.1. The lowest BCUT2D eigenvalue weighted by atomic mass is 9.92. The van der Waals surface area contributed by atoms with E-state index in [1.54, 1.807) is 0 Å². The molecule has 0 aliphatic heterocycles. The highest BCUT2D eigenvalue weighted by Crippen LogP contribution is 2.19. The maximum absolute atomic E-state index is 12.1. The van der Waals surface area contributed by atoms with Gasteiger partial charge in [0, 0.05) is 5.02 Å². The van der Waals surface area contributed by atoms with Crippen molar-refractivity contribution in [3.63, 3.8) is 0 Å². The second-order valence-corrected chi connectivity index (χ2v) is 5.05. The first kappa shape index (κ1) is 15.0. The lowest BCUT2D eigenvalue weighted by Crippen LogP contribution is -2.53. The van der Waals surface area contributed by atoms with Crippen molar-refractivity contribution < 1.29 is 4.79 Å². The molecule has 0 saturated carbocycles. The Labute approximate surface area is 114 Å². The van der Waals surface area contributed by atoms with Gasteiger partial charge in [0.1, 0.15) is 0 Å². The molecule has 0 aliphatic carbocycles. The Morgan fingerprint density at radius 1 is 1.44 bits per heavy atom. The summed E-state index contributed by atoms with van der Waals surface area (Å²) >= 11 is 5.93. The van der Waals surface area contributed by atoms with Gasteiger partial charge in [0.15, 0.2) is 0 Å². The first-order valence-corrected chi connectivity index (χ1v) is 6.66. The van der Waals surface area contributed by atoms with Crippen LogP contribution in [-0.2, 0) is 4.79 Å². The van der Waals surface area contributed by atoms with Crippen LogP contribution < -0.4 is 11.1 Å². The van der Waals surface area contributed by atoms with Crippen LogP contribution in [0.4, 0.5) is 0 Å². The average Bonchev–Trinajstić information content (AvgIpc) is 2.37. The van der Waals surface area contributed by atoms with Gasteiger partial charge in [-0.3, -0.25) is 4.79 Å². The minimum Gasteiger partial charge on any atom is -0.348 e. The lowest BCUT2D eigenvalue weighted by molar-refractivity contribution is -0.127. The molecule has 0 fully saturated rings. The van der Waals surface area contributed by atoms with Crippen molar-refractivity contribution in [2.75, 3.05) is 0 Å². The first-order chi connectivity index (χ1) is 8.42. The Balaban J connectivity index is 2.76. The molecule has 1 amide bonds. The fraction of sp³-hybridized carbons (Fsp3) is 0.500. The van der Waals surface area contributed by atoms with Gasteiger partial charge in [0.05, 0.1) is 11.6 Å². The molecule has 0 bridgehead atoms. The largest absolute Gasteiger partial charge is 0.348 e. The smallest absolute Gasteiger partial charge is 0.240 e. The van der Waals surface area contributed by atoms with Crippen LogP contribution in [0.25, 0.3) is 0 Å². The van der Waals surface area contributed by atoms with Gasteiger partial charge >= 0.3 is 0 Å². The first-order valence-electron chi connectivity index (χ1n) is 6.28. The molecule has 0 unspecified atom stereocenters. The molecule has 0 saturated heterocycles. The van der Waals surface area contributed by atoms with Crippen molar-refractivity contribution in [1.82, 2.24) is 5.32 Å². The highest BCUT2D eigenvalue weighted by molar-refractivity contribution is 6.30. The molecule has 100 valence electrons. The van der Waals surface area contributed by atoms with E-state index in [-0.39, 0.29) is 11.9 Å². The van der Waals surface area contributed by atoms with E-state index in [2.05, 4.69) is 5.32 Å². The second kappa shape index (κ2) is 6.21. The van der Waals surface area contributed by atoms with Crippen LogP contribution in [0.2, 0.25) is 5.02 Å². The van der Waals surface area contributed by atoms with Gasteiger partial charge in [-0.05, 0) is 37.5 Å². The van der Waals surface area contributed by atoms with Gasteiger partial charge in [-0.15, -0.1) is 0 Å². The molecule has 1 aromatic carbocycles. The van der Waals surface area contributed by atoms with Gasteiger partial charge in [-0.2, -0.15) is 0 Å². The summed E-state index contributed by atoms with van der Waals surface area (Å²) in [7, 11) is 0. The van der Waals surface area contributed by atoms with Crippen LogP contribution in [0.5, 0.6) is 0 Å². The van der Waals surface area contributed by atoms with Crippen LogP contribution in [0, 0.1) is 0 Å². The normalized spacial score (nSPS) is 13.2. The maximum Gasteiger partial charge on any atom is 0.240 e. The monoisotopic (exact) mass is 268 g/mol. The third-order valence-corrected chi connectivity index (χ3v) is 3.65. The van der Waals surface area contributed by atoms with Crippen molar-refractivity contribution in [1.29, 1.82) is 0 Å². The zero-order valence-corrected chi connectivity index (χ0v) is 11.9. The summed E-state index contributed by atoms with van der Waals surface area (Å²) in [6, 6.07) is 7.37. The Morgan fingerprint density at radius 2 is 2.06 bits per heavy atom. The predicted octanol–water partition coefficient (Wildman–Crippen LogP) is 3.03. The van der Waals surface area contributed by atoms with Crippen molar-refractivity contribution in [3.8, 4) is 0 Å². The number of hydrogen-bond donors (Lipinski definition) is 2. The van der Waals surface area contributed by atoms with Crippen molar-refractivity contribution in [3.05, 3.63) is 34.9 Å². The van der Waals surface area contributed by atoms with Crippen LogP contribution in [0.1, 0.15) is 45.2 Å². The summed E-state index contributed by atoms with van der Waals surface area (Å²) in [5.74, 6) is -0.111. The minimum absolute atomic E-state index is 0.0998. The van der Waals surface area contributed by atoms with E-state index in [9.17, 15) is 4.79 Å². The SMILES string of the molecule is CCC(N)(CC)C(=O)N[C@@H](C)c1cccc(Cl)c1. The minimum atomic E-state index is -0.785. The quantitative estimate of drug-likeness (QED) is 0.862. The van der Waals surface area contributed by atoms with E-state index in [0.717, 1.165) is 5.56 Å². The number of nitrogens with two attached hydrogens (primary N) is 1. The molecule has 0 aromatic heterocycles. The Morgan fingerprint density at radius 3 is 2.56 bits per heavy atom. The number of carbonyl (C=O) groups excluding carboxylic acids is 1. The number of hydrogen-bond acceptors (Lipinski definition) is 2. The molecular formula is C14H21ClN2O. The molecule has 1 aromatic rings. The number of benzene rings is 1. The van der Waals surface area contributed by atoms with Gasteiger partial charge in [-0.25, -0.2) is 0 Å². The molecule has 4 heteroatoms. The third kappa shape index (κ3) is 3.47. The Kier molecular flexibility index (Phi) is 5.17. The zero-order chi connectivity index (χ0) is 13.8. The van der Waals surface area contributed by atoms with Crippen molar-refractivity contribution in [2.24, 2.45) is 5.73 Å². The Bertz CT molecular complexity index is 416. The molecule has 3 N–H and O–H groups in total.